The minimum absolute atomic E-state index is 0.0950. The maximum atomic E-state index is 12.2. The Bertz CT molecular complexity index is 892. The number of hydrogen-bond acceptors (Lipinski definition) is 7. The molecule has 0 fully saturated rings. The van der Waals surface area contributed by atoms with E-state index in [2.05, 4.69) is 4.98 Å². The number of rotatable bonds is 4. The van der Waals surface area contributed by atoms with Crippen LogP contribution in [0.3, 0.4) is 0 Å². The monoisotopic (exact) mass is 379 g/mol. The predicted molar refractivity (Wildman–Crippen MR) is 92.1 cm³/mol. The van der Waals surface area contributed by atoms with Gasteiger partial charge in [-0.2, -0.15) is 11.3 Å². The number of fused-ring (bicyclic) bond motifs is 1. The summed E-state index contributed by atoms with van der Waals surface area (Å²) in [7, 11) is 0. The van der Waals surface area contributed by atoms with Crippen molar-refractivity contribution in [3.63, 3.8) is 0 Å². The zero-order chi connectivity index (χ0) is 16.5. The molecule has 24 heavy (non-hydrogen) atoms. The lowest BCUT2D eigenvalue weighted by molar-refractivity contribution is 0.0468. The molecule has 1 aliphatic heterocycles. The first-order chi connectivity index (χ1) is 11.7. The third kappa shape index (κ3) is 2.98. The topological polar surface area (TPSA) is 57.7 Å². The number of hydrogen-bond donors (Lipinski definition) is 0. The number of nitrogens with zero attached hydrogens (tertiary/aromatic N) is 1. The van der Waals surface area contributed by atoms with E-state index in [9.17, 15) is 4.79 Å². The fourth-order valence-electron chi connectivity index (χ4n) is 2.20. The molecular formula is C16H10ClNO4S2. The minimum atomic E-state index is -0.486. The summed E-state index contributed by atoms with van der Waals surface area (Å²) in [6, 6.07) is 5.08. The Morgan fingerprint density at radius 1 is 1.33 bits per heavy atom. The van der Waals surface area contributed by atoms with E-state index in [1.807, 2.05) is 22.2 Å². The Morgan fingerprint density at radius 2 is 2.25 bits per heavy atom. The number of carbonyl (C=O) groups is 1. The van der Waals surface area contributed by atoms with Crippen molar-refractivity contribution in [1.82, 2.24) is 4.98 Å². The third-order valence-corrected chi connectivity index (χ3v) is 5.24. The number of carbonyl (C=O) groups excluding carboxylic acids is 1. The zero-order valence-corrected chi connectivity index (χ0v) is 14.5. The third-order valence-electron chi connectivity index (χ3n) is 3.33. The molecule has 0 saturated carbocycles. The van der Waals surface area contributed by atoms with Gasteiger partial charge in [-0.25, -0.2) is 9.78 Å². The summed E-state index contributed by atoms with van der Waals surface area (Å²) in [4.78, 5) is 16.7. The highest BCUT2D eigenvalue weighted by molar-refractivity contribution is 7.14. The van der Waals surface area contributed by atoms with E-state index in [4.69, 9.17) is 25.8 Å². The second-order valence-corrected chi connectivity index (χ2v) is 6.97. The lowest BCUT2D eigenvalue weighted by atomic mass is 10.2. The molecule has 0 amide bonds. The number of ether oxygens (including phenoxy) is 3. The maximum absolute atomic E-state index is 12.2. The first kappa shape index (κ1) is 15.4. The molecular weight excluding hydrogens is 370 g/mol. The molecule has 122 valence electrons. The van der Waals surface area contributed by atoms with Gasteiger partial charge in [0.1, 0.15) is 11.6 Å². The maximum Gasteiger partial charge on any atom is 0.338 e. The second kappa shape index (κ2) is 6.43. The van der Waals surface area contributed by atoms with E-state index >= 15 is 0 Å². The van der Waals surface area contributed by atoms with Gasteiger partial charge in [-0.3, -0.25) is 0 Å². The highest BCUT2D eigenvalue weighted by Crippen LogP contribution is 2.40. The second-order valence-electron chi connectivity index (χ2n) is 4.92. The molecule has 3 aromatic rings. The van der Waals surface area contributed by atoms with Gasteiger partial charge in [-0.15, -0.1) is 11.3 Å². The van der Waals surface area contributed by atoms with Gasteiger partial charge >= 0.3 is 5.97 Å². The average Bonchev–Trinajstić information content (AvgIpc) is 3.31. The van der Waals surface area contributed by atoms with Crippen molar-refractivity contribution in [2.45, 2.75) is 6.61 Å². The van der Waals surface area contributed by atoms with Gasteiger partial charge in [0.15, 0.2) is 11.5 Å². The van der Waals surface area contributed by atoms with E-state index in [0.29, 0.717) is 27.8 Å². The summed E-state index contributed by atoms with van der Waals surface area (Å²) >= 11 is 9.21. The van der Waals surface area contributed by atoms with Crippen molar-refractivity contribution in [1.29, 1.82) is 0 Å². The van der Waals surface area contributed by atoms with Crippen LogP contribution in [-0.4, -0.2) is 17.7 Å². The molecule has 0 aliphatic carbocycles. The summed E-state index contributed by atoms with van der Waals surface area (Å²) in [5.41, 5.74) is 2.10. The smallest absolute Gasteiger partial charge is 0.338 e. The van der Waals surface area contributed by atoms with Crippen molar-refractivity contribution in [2.24, 2.45) is 0 Å². The lowest BCUT2D eigenvalue weighted by Gasteiger charge is -2.05. The average molecular weight is 380 g/mol. The highest BCUT2D eigenvalue weighted by Gasteiger charge is 2.21. The van der Waals surface area contributed by atoms with Crippen molar-refractivity contribution >= 4 is 40.2 Å². The molecule has 5 nitrogen and oxygen atoms in total. The Labute approximate surface area is 150 Å². The van der Waals surface area contributed by atoms with Gasteiger partial charge in [-0.05, 0) is 23.6 Å². The molecule has 1 aromatic carbocycles. The molecule has 0 unspecified atom stereocenters. The number of thiazole rings is 1. The molecule has 0 spiro atoms. The van der Waals surface area contributed by atoms with Crippen LogP contribution in [0, 0.1) is 0 Å². The van der Waals surface area contributed by atoms with Gasteiger partial charge in [0, 0.05) is 16.3 Å². The quantitative estimate of drug-likeness (QED) is 0.619. The van der Waals surface area contributed by atoms with E-state index in [-0.39, 0.29) is 13.4 Å². The molecule has 1 aliphatic rings. The van der Waals surface area contributed by atoms with Gasteiger partial charge in [0.05, 0.1) is 16.3 Å². The van der Waals surface area contributed by atoms with E-state index in [0.717, 1.165) is 10.6 Å². The molecule has 0 atom stereocenters. The largest absolute Gasteiger partial charge is 0.456 e. The van der Waals surface area contributed by atoms with Gasteiger partial charge in [0.2, 0.25) is 6.79 Å². The summed E-state index contributed by atoms with van der Waals surface area (Å²) in [6.07, 6.45) is 0. The Kier molecular flexibility index (Phi) is 4.13. The number of thiophene rings is 1. The van der Waals surface area contributed by atoms with E-state index in [1.54, 1.807) is 17.4 Å². The van der Waals surface area contributed by atoms with Crippen LogP contribution in [-0.2, 0) is 11.3 Å². The van der Waals surface area contributed by atoms with Crippen molar-refractivity contribution in [3.8, 4) is 22.1 Å². The highest BCUT2D eigenvalue weighted by atomic mass is 35.5. The number of halogens is 1. The van der Waals surface area contributed by atoms with Crippen molar-refractivity contribution in [2.75, 3.05) is 6.79 Å². The van der Waals surface area contributed by atoms with E-state index in [1.165, 1.54) is 17.4 Å². The SMILES string of the molecule is O=C(OCc1csc(-c2ccsc2)n1)c1cc(Cl)c2c(c1)OCO2. The molecule has 0 N–H and O–H groups in total. The lowest BCUT2D eigenvalue weighted by Crippen LogP contribution is -2.05. The molecule has 0 radical (unpaired) electrons. The number of esters is 1. The van der Waals surface area contributed by atoms with Gasteiger partial charge in [0.25, 0.3) is 0 Å². The fourth-order valence-corrected chi connectivity index (χ4v) is 3.98. The number of benzene rings is 1. The summed E-state index contributed by atoms with van der Waals surface area (Å²) in [6.45, 7) is 0.198. The zero-order valence-electron chi connectivity index (χ0n) is 12.2. The van der Waals surface area contributed by atoms with Crippen LogP contribution in [0.1, 0.15) is 16.1 Å². The minimum Gasteiger partial charge on any atom is -0.456 e. The van der Waals surface area contributed by atoms with Crippen LogP contribution in [0.2, 0.25) is 5.02 Å². The van der Waals surface area contributed by atoms with Gasteiger partial charge in [-0.1, -0.05) is 11.6 Å². The van der Waals surface area contributed by atoms with Crippen LogP contribution in [0.25, 0.3) is 10.6 Å². The van der Waals surface area contributed by atoms with Crippen LogP contribution in [0.15, 0.2) is 34.3 Å². The molecule has 0 bridgehead atoms. The normalized spacial score (nSPS) is 12.4. The fraction of sp³-hybridized carbons (Fsp3) is 0.125. The predicted octanol–water partition coefficient (Wildman–Crippen LogP) is 4.61. The van der Waals surface area contributed by atoms with Crippen LogP contribution in [0.4, 0.5) is 0 Å². The first-order valence-corrected chi connectivity index (χ1v) is 9.14. The Morgan fingerprint density at radius 3 is 3.08 bits per heavy atom. The van der Waals surface area contributed by atoms with Crippen molar-refractivity contribution < 1.29 is 19.0 Å². The van der Waals surface area contributed by atoms with E-state index < -0.39 is 5.97 Å². The summed E-state index contributed by atoms with van der Waals surface area (Å²) in [5, 5.41) is 7.15. The standard InChI is InChI=1S/C16H10ClNO4S2/c17-12-3-10(4-13-14(12)22-8-21-13)16(19)20-5-11-7-24-15(18-11)9-1-2-23-6-9/h1-4,6-7H,5,8H2. The Balaban J connectivity index is 1.45. The molecule has 4 rings (SSSR count). The number of aromatic nitrogens is 1. The molecule has 0 saturated heterocycles. The van der Waals surface area contributed by atoms with Crippen LogP contribution < -0.4 is 9.47 Å². The molecule has 3 heterocycles. The molecule has 2 aromatic heterocycles. The summed E-state index contributed by atoms with van der Waals surface area (Å²) < 4.78 is 15.8. The Hall–Kier alpha value is -2.09. The van der Waals surface area contributed by atoms with Crippen LogP contribution in [0.5, 0.6) is 11.5 Å². The van der Waals surface area contributed by atoms with Gasteiger partial charge < -0.3 is 14.2 Å². The summed E-state index contributed by atoms with van der Waals surface area (Å²) in [5.74, 6) is 0.413. The van der Waals surface area contributed by atoms with Crippen molar-refractivity contribution in [3.05, 3.63) is 50.6 Å². The first-order valence-electron chi connectivity index (χ1n) is 6.94. The van der Waals surface area contributed by atoms with Crippen LogP contribution >= 0.6 is 34.3 Å². The molecule has 8 heteroatoms.